The predicted molar refractivity (Wildman–Crippen MR) is 68.6 cm³/mol. The van der Waals surface area contributed by atoms with Gasteiger partial charge >= 0.3 is 13.5 Å². The van der Waals surface area contributed by atoms with Gasteiger partial charge in [0.15, 0.2) is 0 Å². The Morgan fingerprint density at radius 3 is 2.76 bits per heavy atom. The lowest BCUT2D eigenvalue weighted by Gasteiger charge is -2.16. The van der Waals surface area contributed by atoms with Crippen molar-refractivity contribution in [1.29, 1.82) is 0 Å². The largest absolute Gasteiger partial charge is 0.469 e. The van der Waals surface area contributed by atoms with Gasteiger partial charge in [0.2, 0.25) is 0 Å². The molecule has 1 unspecified atom stereocenters. The zero-order valence-electron chi connectivity index (χ0n) is 11.0. The van der Waals surface area contributed by atoms with Gasteiger partial charge in [0.05, 0.1) is 6.61 Å². The van der Waals surface area contributed by atoms with E-state index in [1.54, 1.807) is 0 Å². The van der Waals surface area contributed by atoms with Gasteiger partial charge < -0.3 is 19.6 Å². The first kappa shape index (κ1) is 16.1. The van der Waals surface area contributed by atoms with Gasteiger partial charge in [-0.15, -0.1) is 0 Å². The molecule has 4 N–H and O–H groups in total. The van der Waals surface area contributed by atoms with E-state index in [2.05, 4.69) is 9.51 Å². The maximum atomic E-state index is 11.7. The van der Waals surface area contributed by atoms with Crippen LogP contribution in [0.5, 0.6) is 0 Å². The molecular weight excluding hydrogens is 307 g/mol. The second kappa shape index (κ2) is 5.84. The molecule has 0 spiro atoms. The van der Waals surface area contributed by atoms with Gasteiger partial charge in [0, 0.05) is 18.2 Å². The summed E-state index contributed by atoms with van der Waals surface area (Å²) in [4.78, 5) is 42.8. The summed E-state index contributed by atoms with van der Waals surface area (Å²) in [5, 5.41) is 9.16. The molecule has 0 aromatic carbocycles. The Hall–Kier alpha value is -1.29. The van der Waals surface area contributed by atoms with Crippen LogP contribution in [0.2, 0.25) is 0 Å². The van der Waals surface area contributed by atoms with Crippen LogP contribution >= 0.6 is 7.82 Å². The van der Waals surface area contributed by atoms with E-state index in [0.29, 0.717) is 0 Å². The molecule has 21 heavy (non-hydrogen) atoms. The molecule has 0 saturated carbocycles. The minimum absolute atomic E-state index is 0.0538. The van der Waals surface area contributed by atoms with Gasteiger partial charge in [-0.1, -0.05) is 0 Å². The summed E-state index contributed by atoms with van der Waals surface area (Å²) < 4.78 is 21.9. The second-order valence-electron chi connectivity index (χ2n) is 4.66. The molecule has 0 amide bonds. The monoisotopic (exact) mass is 322 g/mol. The molecule has 0 aliphatic carbocycles. The zero-order valence-corrected chi connectivity index (χ0v) is 11.9. The van der Waals surface area contributed by atoms with Crippen molar-refractivity contribution < 1.29 is 28.7 Å². The molecule has 1 saturated heterocycles. The van der Waals surface area contributed by atoms with Crippen molar-refractivity contribution in [3.63, 3.8) is 0 Å². The molecule has 1 aliphatic rings. The van der Waals surface area contributed by atoms with Crippen molar-refractivity contribution in [1.82, 2.24) is 9.55 Å². The van der Waals surface area contributed by atoms with Gasteiger partial charge in [-0.2, -0.15) is 0 Å². The Labute approximate surface area is 118 Å². The lowest BCUT2D eigenvalue weighted by molar-refractivity contribution is -0.0453. The maximum Gasteiger partial charge on any atom is 0.469 e. The van der Waals surface area contributed by atoms with Crippen molar-refractivity contribution in [3.8, 4) is 0 Å². The van der Waals surface area contributed by atoms with E-state index in [0.717, 1.165) is 4.57 Å². The molecule has 11 heteroatoms. The Morgan fingerprint density at radius 2 is 2.19 bits per heavy atom. The number of aromatic amines is 1. The van der Waals surface area contributed by atoms with Crippen LogP contribution in [0, 0.1) is 6.92 Å². The molecule has 10 nitrogen and oxygen atoms in total. The lowest BCUT2D eigenvalue weighted by atomic mass is 10.2. The van der Waals surface area contributed by atoms with E-state index in [4.69, 9.17) is 19.6 Å². The molecule has 1 aromatic rings. The fourth-order valence-corrected chi connectivity index (χ4v) is 2.70. The van der Waals surface area contributed by atoms with Crippen LogP contribution in [0.3, 0.4) is 0 Å². The Kier molecular flexibility index (Phi) is 4.47. The summed E-state index contributed by atoms with van der Waals surface area (Å²) in [6.45, 7) is 0.967. The zero-order chi connectivity index (χ0) is 15.8. The number of hydrogen-bond acceptors (Lipinski definition) is 6. The summed E-state index contributed by atoms with van der Waals surface area (Å²) in [7, 11) is -4.75. The fraction of sp³-hybridized carbons (Fsp3) is 0.600. The smallest absolute Gasteiger partial charge is 0.394 e. The van der Waals surface area contributed by atoms with E-state index >= 15 is 0 Å². The number of aliphatic hydroxyl groups is 1. The summed E-state index contributed by atoms with van der Waals surface area (Å²) in [5.41, 5.74) is -0.974. The normalized spacial score (nSPS) is 26.2. The number of nitrogens with one attached hydrogen (secondary N) is 1. The van der Waals surface area contributed by atoms with E-state index in [-0.39, 0.29) is 12.0 Å². The predicted octanol–water partition coefficient (Wildman–Crippen LogP) is -1.40. The molecule has 2 heterocycles. The molecule has 3 atom stereocenters. The van der Waals surface area contributed by atoms with Gasteiger partial charge in [-0.05, 0) is 6.92 Å². The van der Waals surface area contributed by atoms with Gasteiger partial charge in [0.1, 0.15) is 18.4 Å². The highest BCUT2D eigenvalue weighted by molar-refractivity contribution is 7.46. The number of hydrogen-bond donors (Lipinski definition) is 4. The van der Waals surface area contributed by atoms with Gasteiger partial charge in [0.25, 0.3) is 5.56 Å². The molecule has 118 valence electrons. The van der Waals surface area contributed by atoms with Crippen molar-refractivity contribution in [2.24, 2.45) is 0 Å². The highest BCUT2D eigenvalue weighted by Crippen LogP contribution is 2.43. The third-order valence-electron chi connectivity index (χ3n) is 3.09. The minimum atomic E-state index is -4.75. The Bertz CT molecular complexity index is 676. The molecular formula is C10H15N2O8P. The van der Waals surface area contributed by atoms with E-state index < -0.39 is 44.1 Å². The first-order chi connectivity index (χ1) is 9.71. The first-order valence-electron chi connectivity index (χ1n) is 6.03. The summed E-state index contributed by atoms with van der Waals surface area (Å²) in [6.07, 6.45) is -1.73. The number of rotatable bonds is 4. The molecule has 0 radical (unpaired) electrons. The number of ether oxygens (including phenoxy) is 1. The molecule has 2 rings (SSSR count). The average Bonchev–Trinajstić information content (AvgIpc) is 2.74. The number of aryl methyl sites for hydroxylation is 1. The molecule has 0 bridgehead atoms. The summed E-state index contributed by atoms with van der Waals surface area (Å²) in [5.74, 6) is 0. The highest BCUT2D eigenvalue weighted by Gasteiger charge is 2.40. The summed E-state index contributed by atoms with van der Waals surface area (Å²) >= 11 is 0. The molecule has 1 aliphatic heterocycles. The minimum Gasteiger partial charge on any atom is -0.394 e. The molecule has 1 fully saturated rings. The van der Waals surface area contributed by atoms with Gasteiger partial charge in [-0.25, -0.2) is 9.36 Å². The van der Waals surface area contributed by atoms with Crippen molar-refractivity contribution in [3.05, 3.63) is 32.6 Å². The van der Waals surface area contributed by atoms with E-state index in [1.165, 1.54) is 13.1 Å². The quantitative estimate of drug-likeness (QED) is 0.494. The van der Waals surface area contributed by atoms with Crippen molar-refractivity contribution >= 4 is 7.82 Å². The molecule has 1 aromatic heterocycles. The van der Waals surface area contributed by atoms with Crippen LogP contribution in [0.15, 0.2) is 15.8 Å². The first-order valence-corrected chi connectivity index (χ1v) is 7.56. The Balaban J connectivity index is 2.27. The topological polar surface area (TPSA) is 151 Å². The Morgan fingerprint density at radius 1 is 1.52 bits per heavy atom. The number of H-pyrrole nitrogens is 1. The number of phosphoric ester groups is 1. The number of aromatic nitrogens is 2. The van der Waals surface area contributed by atoms with Crippen LogP contribution in [0.25, 0.3) is 0 Å². The number of nitrogens with zero attached hydrogens (tertiary/aromatic N) is 1. The van der Waals surface area contributed by atoms with E-state index in [1.807, 2.05) is 0 Å². The van der Waals surface area contributed by atoms with Crippen LogP contribution < -0.4 is 11.2 Å². The number of phosphoric acid groups is 1. The lowest BCUT2D eigenvalue weighted by Crippen LogP contribution is -2.33. The average molecular weight is 322 g/mol. The summed E-state index contributed by atoms with van der Waals surface area (Å²) in [6, 6.07) is 0. The SMILES string of the molecule is Cc1cn(C2C[C@H](OP(=O)(O)O)[C@@H](CO)O2)c(=O)[nH]c1=O. The number of aliphatic hydroxyl groups excluding tert-OH is 1. The van der Waals surface area contributed by atoms with Crippen molar-refractivity contribution in [2.75, 3.05) is 6.61 Å². The van der Waals surface area contributed by atoms with Crippen LogP contribution in [0.1, 0.15) is 18.2 Å². The third kappa shape index (κ3) is 3.67. The maximum absolute atomic E-state index is 11.7. The third-order valence-corrected chi connectivity index (χ3v) is 3.63. The van der Waals surface area contributed by atoms with Gasteiger partial charge in [-0.3, -0.25) is 18.9 Å². The fourth-order valence-electron chi connectivity index (χ4n) is 2.12. The highest BCUT2D eigenvalue weighted by atomic mass is 31.2. The van der Waals surface area contributed by atoms with Crippen LogP contribution in [-0.2, 0) is 13.8 Å². The second-order valence-corrected chi connectivity index (χ2v) is 5.85. The van der Waals surface area contributed by atoms with Crippen molar-refractivity contribution in [2.45, 2.75) is 31.8 Å². The standard InChI is InChI=1S/C10H15N2O8P/c1-5-3-12(10(15)11-9(5)14)8-2-6(7(4-13)19-8)20-21(16,17)18/h3,6-8,13H,2,4H2,1H3,(H,11,14,15)(H2,16,17,18)/t6-,7+,8?/m0/s1. The van der Waals surface area contributed by atoms with Crippen LogP contribution in [0.4, 0.5) is 0 Å². The van der Waals surface area contributed by atoms with Crippen LogP contribution in [-0.4, -0.2) is 43.3 Å². The van der Waals surface area contributed by atoms with E-state index in [9.17, 15) is 14.2 Å².